The summed E-state index contributed by atoms with van der Waals surface area (Å²) in [5.74, 6) is 1.03. The number of nitrogens with one attached hydrogen (secondary N) is 2. The molecule has 0 unspecified atom stereocenters. The second-order valence-corrected chi connectivity index (χ2v) is 7.63. The van der Waals surface area contributed by atoms with Crippen molar-refractivity contribution in [1.29, 1.82) is 0 Å². The highest BCUT2D eigenvalue weighted by Gasteiger charge is 2.30. The van der Waals surface area contributed by atoms with Crippen molar-refractivity contribution in [3.8, 4) is 5.75 Å². The summed E-state index contributed by atoms with van der Waals surface area (Å²) in [6.07, 6.45) is 1.87. The van der Waals surface area contributed by atoms with Crippen LogP contribution in [0.25, 0.3) is 0 Å². The van der Waals surface area contributed by atoms with Crippen LogP contribution in [0.1, 0.15) is 6.42 Å². The Morgan fingerprint density at radius 1 is 1.22 bits per heavy atom. The van der Waals surface area contributed by atoms with Gasteiger partial charge in [-0.15, -0.1) is 0 Å². The average Bonchev–Trinajstić information content (AvgIpc) is 2.69. The van der Waals surface area contributed by atoms with E-state index in [0.29, 0.717) is 28.0 Å². The van der Waals surface area contributed by atoms with Crippen molar-refractivity contribution in [1.82, 2.24) is 4.98 Å². The molecule has 2 aliphatic rings. The minimum atomic E-state index is -0.456. The van der Waals surface area contributed by atoms with Gasteiger partial charge in [0.15, 0.2) is 17.7 Å². The van der Waals surface area contributed by atoms with E-state index in [1.54, 1.807) is 12.3 Å². The third-order valence-corrected chi connectivity index (χ3v) is 5.81. The third kappa shape index (κ3) is 4.13. The van der Waals surface area contributed by atoms with Crippen LogP contribution in [0.4, 0.5) is 11.5 Å². The largest absolute Gasteiger partial charge is 0.476 e. The Morgan fingerprint density at radius 3 is 2.81 bits per heavy atom. The lowest BCUT2D eigenvalue weighted by Crippen LogP contribution is -3.15. The lowest BCUT2D eigenvalue weighted by Gasteiger charge is -2.34. The zero-order chi connectivity index (χ0) is 18.8. The van der Waals surface area contributed by atoms with Crippen LogP contribution in [-0.4, -0.2) is 49.7 Å². The minimum absolute atomic E-state index is 0.116. The second-order valence-electron chi connectivity index (χ2n) is 6.82. The van der Waals surface area contributed by atoms with Gasteiger partial charge in [0.1, 0.15) is 0 Å². The van der Waals surface area contributed by atoms with Crippen molar-refractivity contribution >= 4 is 40.6 Å². The summed E-state index contributed by atoms with van der Waals surface area (Å²) in [5.41, 5.74) is 1.10. The van der Waals surface area contributed by atoms with Crippen molar-refractivity contribution in [3.05, 3.63) is 46.6 Å². The molecule has 6 nitrogen and oxygen atoms in total. The molecule has 0 aliphatic carbocycles. The van der Waals surface area contributed by atoms with E-state index in [2.05, 4.69) is 15.2 Å². The third-order valence-electron chi connectivity index (χ3n) is 5.07. The highest BCUT2D eigenvalue weighted by molar-refractivity contribution is 6.42. The van der Waals surface area contributed by atoms with Gasteiger partial charge in [-0.25, -0.2) is 4.98 Å². The standard InChI is InChI=1S/C19H20Cl2N4O2/c20-14-4-3-13(12-15(14)21)25-10-8-24(9-11-25)7-5-17-19(26)23-18-16(27-17)2-1-6-22-18/h1-4,6,12,17H,5,7-11H2,(H,22,23,26)/p+1/t17-/m0/s1. The molecule has 0 saturated carbocycles. The maximum atomic E-state index is 12.2. The molecule has 0 bridgehead atoms. The number of ether oxygens (including phenoxy) is 1. The quantitative estimate of drug-likeness (QED) is 0.812. The van der Waals surface area contributed by atoms with E-state index in [9.17, 15) is 4.79 Å². The number of anilines is 2. The maximum Gasteiger partial charge on any atom is 0.266 e. The summed E-state index contributed by atoms with van der Waals surface area (Å²) in [7, 11) is 0. The van der Waals surface area contributed by atoms with Gasteiger partial charge in [-0.05, 0) is 30.3 Å². The summed E-state index contributed by atoms with van der Waals surface area (Å²) >= 11 is 12.1. The summed E-state index contributed by atoms with van der Waals surface area (Å²) in [4.78, 5) is 20.1. The van der Waals surface area contributed by atoms with Crippen molar-refractivity contribution in [3.63, 3.8) is 0 Å². The number of piperazine rings is 1. The first kappa shape index (κ1) is 18.3. The van der Waals surface area contributed by atoms with E-state index in [4.69, 9.17) is 27.9 Å². The summed E-state index contributed by atoms with van der Waals surface area (Å²) < 4.78 is 5.82. The highest BCUT2D eigenvalue weighted by atomic mass is 35.5. The van der Waals surface area contributed by atoms with Gasteiger partial charge in [-0.1, -0.05) is 23.2 Å². The number of quaternary nitrogens is 1. The Balaban J connectivity index is 1.28. The van der Waals surface area contributed by atoms with Gasteiger partial charge in [0.25, 0.3) is 5.91 Å². The molecule has 1 aromatic heterocycles. The van der Waals surface area contributed by atoms with Gasteiger partial charge < -0.3 is 19.9 Å². The molecule has 4 rings (SSSR count). The van der Waals surface area contributed by atoms with Gasteiger partial charge >= 0.3 is 0 Å². The van der Waals surface area contributed by atoms with Gasteiger partial charge in [0.05, 0.1) is 42.8 Å². The first-order valence-corrected chi connectivity index (χ1v) is 9.82. The number of pyridine rings is 1. The summed E-state index contributed by atoms with van der Waals surface area (Å²) in [6, 6.07) is 9.40. The zero-order valence-corrected chi connectivity index (χ0v) is 16.3. The van der Waals surface area contributed by atoms with E-state index in [-0.39, 0.29) is 5.91 Å². The van der Waals surface area contributed by atoms with E-state index >= 15 is 0 Å². The number of fused-ring (bicyclic) bond motifs is 1. The predicted molar refractivity (Wildman–Crippen MR) is 106 cm³/mol. The predicted octanol–water partition coefficient (Wildman–Crippen LogP) is 1.88. The van der Waals surface area contributed by atoms with Gasteiger partial charge in [0.2, 0.25) is 0 Å². The van der Waals surface area contributed by atoms with E-state index < -0.39 is 6.10 Å². The molecule has 1 atom stereocenters. The molecule has 1 saturated heterocycles. The molecule has 2 N–H and O–H groups in total. The summed E-state index contributed by atoms with van der Waals surface area (Å²) in [5, 5.41) is 3.98. The van der Waals surface area contributed by atoms with Crippen LogP contribution < -0.4 is 19.9 Å². The number of carbonyl (C=O) groups excluding carboxylic acids is 1. The van der Waals surface area contributed by atoms with E-state index in [1.165, 1.54) is 4.90 Å². The van der Waals surface area contributed by atoms with Crippen LogP contribution in [0, 0.1) is 0 Å². The number of nitrogens with zero attached hydrogens (tertiary/aromatic N) is 2. The zero-order valence-electron chi connectivity index (χ0n) is 14.8. The Morgan fingerprint density at radius 2 is 2.04 bits per heavy atom. The molecule has 27 heavy (non-hydrogen) atoms. The molecular weight excluding hydrogens is 387 g/mol. The Bertz CT molecular complexity index is 840. The molecule has 2 aliphatic heterocycles. The van der Waals surface area contributed by atoms with Gasteiger partial charge in [0, 0.05) is 18.3 Å². The van der Waals surface area contributed by atoms with E-state index in [1.807, 2.05) is 24.3 Å². The molecule has 8 heteroatoms. The number of hydrogen-bond acceptors (Lipinski definition) is 4. The number of benzene rings is 1. The first-order chi connectivity index (χ1) is 13.1. The Labute approximate surface area is 168 Å². The van der Waals surface area contributed by atoms with Crippen molar-refractivity contribution in [2.75, 3.05) is 42.9 Å². The smallest absolute Gasteiger partial charge is 0.266 e. The van der Waals surface area contributed by atoms with Crippen LogP contribution in [0.2, 0.25) is 10.0 Å². The molecule has 1 aromatic carbocycles. The van der Waals surface area contributed by atoms with Gasteiger partial charge in [-0.2, -0.15) is 0 Å². The van der Waals surface area contributed by atoms with Crippen LogP contribution in [-0.2, 0) is 4.79 Å². The molecular formula is C19H21Cl2N4O2+. The van der Waals surface area contributed by atoms with Crippen LogP contribution >= 0.6 is 23.2 Å². The van der Waals surface area contributed by atoms with Crippen molar-refractivity contribution < 1.29 is 14.4 Å². The van der Waals surface area contributed by atoms with Crippen LogP contribution in [0.3, 0.4) is 0 Å². The molecule has 2 aromatic rings. The highest BCUT2D eigenvalue weighted by Crippen LogP contribution is 2.28. The molecule has 1 amide bonds. The fraction of sp³-hybridized carbons (Fsp3) is 0.368. The molecule has 3 heterocycles. The fourth-order valence-corrected chi connectivity index (χ4v) is 3.81. The second kappa shape index (κ2) is 7.92. The van der Waals surface area contributed by atoms with E-state index in [0.717, 1.165) is 38.4 Å². The number of rotatable bonds is 4. The molecule has 142 valence electrons. The number of hydrogen-bond donors (Lipinski definition) is 2. The number of carbonyl (C=O) groups is 1. The lowest BCUT2D eigenvalue weighted by atomic mass is 10.1. The molecule has 1 fully saturated rings. The Kier molecular flexibility index (Phi) is 5.38. The summed E-state index contributed by atoms with van der Waals surface area (Å²) in [6.45, 7) is 4.79. The number of aromatic nitrogens is 1. The maximum absolute atomic E-state index is 12.2. The normalized spacial score (nSPS) is 20.0. The molecule has 0 radical (unpaired) electrons. The minimum Gasteiger partial charge on any atom is -0.476 e. The van der Waals surface area contributed by atoms with Crippen LogP contribution in [0.5, 0.6) is 5.75 Å². The van der Waals surface area contributed by atoms with Gasteiger partial charge in [-0.3, -0.25) is 4.79 Å². The lowest BCUT2D eigenvalue weighted by molar-refractivity contribution is -0.901. The molecule has 0 spiro atoms. The fourth-order valence-electron chi connectivity index (χ4n) is 3.52. The first-order valence-electron chi connectivity index (χ1n) is 9.06. The van der Waals surface area contributed by atoms with Crippen molar-refractivity contribution in [2.24, 2.45) is 0 Å². The monoisotopic (exact) mass is 407 g/mol. The van der Waals surface area contributed by atoms with Crippen molar-refractivity contribution in [2.45, 2.75) is 12.5 Å². The van der Waals surface area contributed by atoms with Crippen LogP contribution in [0.15, 0.2) is 36.5 Å². The Hall–Kier alpha value is -2.02. The average molecular weight is 408 g/mol. The SMILES string of the molecule is O=C1Nc2ncccc2O[C@H]1CC[NH+]1CCN(c2ccc(Cl)c(Cl)c2)CC1. The number of amides is 1. The number of halogens is 2. The topological polar surface area (TPSA) is 58.9 Å².